The van der Waals surface area contributed by atoms with Crippen LogP contribution < -0.4 is 68.2 Å². The zero-order valence-electron chi connectivity index (χ0n) is 39.1. The van der Waals surface area contributed by atoms with Crippen molar-refractivity contribution in [2.24, 2.45) is 11.5 Å². The number of aromatic nitrogens is 6. The Kier molecular flexibility index (Phi) is 21.5. The molecule has 6 rings (SSSR count). The number of amides is 6. The summed E-state index contributed by atoms with van der Waals surface area (Å²) in [6.07, 6.45) is -14.3. The molecule has 0 aliphatic rings. The van der Waals surface area contributed by atoms with Gasteiger partial charge >= 0.3 is 37.2 Å². The topological polar surface area (TPSA) is 305 Å². The largest absolute Gasteiger partial charge is 0.573 e. The van der Waals surface area contributed by atoms with Gasteiger partial charge in [0.05, 0.1) is 0 Å². The van der Waals surface area contributed by atoms with Crippen LogP contribution in [0, 0.1) is 20.8 Å². The third kappa shape index (κ3) is 24.0. The lowest BCUT2D eigenvalue weighted by Crippen LogP contribution is -2.22. The first kappa shape index (κ1) is 58.9. The molecule has 6 amide bonds. The van der Waals surface area contributed by atoms with Crippen LogP contribution in [0.25, 0.3) is 0 Å². The van der Waals surface area contributed by atoms with Gasteiger partial charge in [0, 0.05) is 72.5 Å². The van der Waals surface area contributed by atoms with Gasteiger partial charge in [-0.3, -0.25) is 16.0 Å². The van der Waals surface area contributed by atoms with Gasteiger partial charge in [-0.25, -0.2) is 34.3 Å². The highest BCUT2D eigenvalue weighted by molar-refractivity contribution is 6.29. The molecule has 0 radical (unpaired) electrons. The molecular weight excluding hydrogens is 1040 g/mol. The van der Waals surface area contributed by atoms with Crippen LogP contribution in [0.1, 0.15) is 17.1 Å². The van der Waals surface area contributed by atoms with E-state index in [4.69, 9.17) is 23.1 Å². The number of anilines is 8. The molecule has 0 saturated carbocycles. The molecule has 3 aromatic carbocycles. The molecule has 3 heterocycles. The fourth-order valence-corrected chi connectivity index (χ4v) is 5.67. The van der Waals surface area contributed by atoms with E-state index in [1.165, 1.54) is 42.5 Å². The van der Waals surface area contributed by atoms with E-state index in [1.54, 1.807) is 32.9 Å². The van der Waals surface area contributed by atoms with E-state index in [0.717, 1.165) is 36.4 Å². The van der Waals surface area contributed by atoms with Crippen LogP contribution in [-0.2, 0) is 0 Å². The van der Waals surface area contributed by atoms with Crippen LogP contribution in [0.15, 0.2) is 91.0 Å². The lowest BCUT2D eigenvalue weighted by Gasteiger charge is -2.11. The van der Waals surface area contributed by atoms with E-state index in [0.29, 0.717) is 54.9 Å². The number of hydrogen-bond acceptors (Lipinski definition) is 16. The van der Waals surface area contributed by atoms with Crippen molar-refractivity contribution in [3.05, 3.63) is 113 Å². The first-order valence-corrected chi connectivity index (χ1v) is 21.5. The quantitative estimate of drug-likeness (QED) is 0.0338. The summed E-state index contributed by atoms with van der Waals surface area (Å²) in [5.74, 6) is -0.0131. The molecule has 32 heteroatoms. The zero-order chi connectivity index (χ0) is 55.3. The van der Waals surface area contributed by atoms with Crippen molar-refractivity contribution in [1.82, 2.24) is 29.9 Å². The number of carbonyl (C=O) groups is 3. The van der Waals surface area contributed by atoms with E-state index in [9.17, 15) is 53.9 Å². The molecule has 6 aromatic rings. The van der Waals surface area contributed by atoms with Gasteiger partial charge < -0.3 is 52.3 Å². The number of urea groups is 3. The minimum Gasteiger partial charge on any atom is -0.406 e. The summed E-state index contributed by atoms with van der Waals surface area (Å²) in [7, 11) is 0. The van der Waals surface area contributed by atoms with Gasteiger partial charge in [0.1, 0.15) is 34.0 Å². The molecule has 0 fully saturated rings. The van der Waals surface area contributed by atoms with Crippen molar-refractivity contribution in [3.8, 4) is 17.2 Å². The number of ether oxygens (including phenoxy) is 3. The minimum absolute atomic E-state index is 0.00419. The van der Waals surface area contributed by atoms with Gasteiger partial charge in [-0.15, -0.1) is 39.5 Å². The fraction of sp³-hybridized carbons (Fsp3) is 0.233. The molecule has 0 saturated heterocycles. The first-order valence-electron chi connectivity index (χ1n) is 21.1. The van der Waals surface area contributed by atoms with Crippen molar-refractivity contribution in [1.29, 1.82) is 0 Å². The number of nitrogens with zero attached hydrogens (tertiary/aromatic N) is 6. The number of halogens is 10. The van der Waals surface area contributed by atoms with Crippen LogP contribution in [0.5, 0.6) is 17.2 Å². The normalized spacial score (nSPS) is 11.0. The van der Waals surface area contributed by atoms with Gasteiger partial charge in [-0.2, -0.15) is 9.97 Å². The second-order valence-corrected chi connectivity index (χ2v) is 14.9. The highest BCUT2D eigenvalue weighted by Crippen LogP contribution is 2.27. The van der Waals surface area contributed by atoms with E-state index >= 15 is 0 Å². The molecule has 0 bridgehead atoms. The number of rotatable bonds is 15. The van der Waals surface area contributed by atoms with Crippen molar-refractivity contribution < 1.29 is 68.1 Å². The zero-order valence-corrected chi connectivity index (χ0v) is 39.8. The Labute approximate surface area is 423 Å². The monoisotopic (exact) mass is 1090 g/mol. The number of nitrogens with two attached hydrogens (primary N) is 2. The van der Waals surface area contributed by atoms with Crippen molar-refractivity contribution >= 4 is 76.2 Å². The van der Waals surface area contributed by atoms with E-state index in [2.05, 4.69) is 86.6 Å². The number of nitrogens with one attached hydrogen (secondary N) is 8. The predicted octanol–water partition coefficient (Wildman–Crippen LogP) is 9.38. The van der Waals surface area contributed by atoms with Gasteiger partial charge in [0.15, 0.2) is 0 Å². The SMILES string of the molecule is Cc1cc(Cl)nc(NC(=O)Nc2ccc(OC(F)(F)F)cc2)n1.Cc1cc(NCCN)nc(NC(=O)Nc2ccc(OC(F)(F)F)cc2)n1.Cc1cc(NCCN)nc(NC(=O)Nc2ccc(OC(F)(F)F)cc2)n1. The molecule has 0 spiro atoms. The average molecular weight is 1090 g/mol. The summed E-state index contributed by atoms with van der Waals surface area (Å²) in [5.41, 5.74) is 13.4. The molecule has 0 aliphatic heterocycles. The summed E-state index contributed by atoms with van der Waals surface area (Å²) < 4.78 is 120. The third-order valence-corrected chi connectivity index (χ3v) is 8.34. The Morgan fingerprint density at radius 1 is 0.453 bits per heavy atom. The van der Waals surface area contributed by atoms with Crippen LogP contribution in [0.4, 0.5) is 100 Å². The minimum atomic E-state index is -4.77. The smallest absolute Gasteiger partial charge is 0.406 e. The Balaban J connectivity index is 0.000000244. The van der Waals surface area contributed by atoms with Crippen molar-refractivity contribution in [2.75, 3.05) is 68.7 Å². The molecule has 3 aromatic heterocycles. The van der Waals surface area contributed by atoms with Crippen LogP contribution >= 0.6 is 11.6 Å². The van der Waals surface area contributed by atoms with Gasteiger partial charge in [-0.1, -0.05) is 11.6 Å². The summed E-state index contributed by atoms with van der Waals surface area (Å²) in [5, 5.41) is 20.7. The summed E-state index contributed by atoms with van der Waals surface area (Å²) in [6, 6.07) is 17.0. The number of carbonyl (C=O) groups excluding carboxylic acids is 3. The second kappa shape index (κ2) is 27.4. The Hall–Kier alpha value is -8.71. The van der Waals surface area contributed by atoms with Crippen LogP contribution in [0.3, 0.4) is 0 Å². The Bertz CT molecular complexity index is 2670. The maximum atomic E-state index is 12.1. The third-order valence-electron chi connectivity index (χ3n) is 8.15. The van der Waals surface area contributed by atoms with Gasteiger partial charge in [0.2, 0.25) is 17.8 Å². The van der Waals surface area contributed by atoms with E-state index in [-0.39, 0.29) is 51.6 Å². The molecule has 0 atom stereocenters. The van der Waals surface area contributed by atoms with Gasteiger partial charge in [-0.05, 0) is 99.6 Å². The Morgan fingerprint density at radius 2 is 0.733 bits per heavy atom. The molecule has 22 nitrogen and oxygen atoms in total. The highest BCUT2D eigenvalue weighted by Gasteiger charge is 2.32. The lowest BCUT2D eigenvalue weighted by molar-refractivity contribution is -0.275. The van der Waals surface area contributed by atoms with Crippen molar-refractivity contribution in [3.63, 3.8) is 0 Å². The van der Waals surface area contributed by atoms with E-state index in [1.807, 2.05) is 0 Å². The average Bonchev–Trinajstić information content (AvgIpc) is 3.28. The molecule has 75 heavy (non-hydrogen) atoms. The standard InChI is InChI=1S/2C15H17F3N6O2.C13H10ClF3N4O2/c2*1-9-8-12(20-7-6-19)23-13(21-9)24-14(25)22-10-2-4-11(5-3-10)26-15(16,17)18;1-7-6-10(14)20-11(18-7)21-12(22)19-8-2-4-9(5-3-8)23-13(15,16)17/h2*2-5,8H,6-7,19H2,1H3,(H3,20,21,22,23,24,25);2-6H,1H3,(H2,18,19,20,21,22). The van der Waals surface area contributed by atoms with Crippen LogP contribution in [0.2, 0.25) is 5.15 Å². The molecular formula is C43H44ClF9N16O6. The molecule has 0 unspecified atom stereocenters. The number of benzene rings is 3. The van der Waals surface area contributed by atoms with E-state index < -0.39 is 42.9 Å². The number of hydrogen-bond donors (Lipinski definition) is 10. The first-order chi connectivity index (χ1) is 35.2. The molecule has 12 N–H and O–H groups in total. The number of aryl methyl sites for hydroxylation is 3. The predicted molar refractivity (Wildman–Crippen MR) is 258 cm³/mol. The molecule has 0 aliphatic carbocycles. The van der Waals surface area contributed by atoms with Gasteiger partial charge in [0.25, 0.3) is 0 Å². The summed E-state index contributed by atoms with van der Waals surface area (Å²) >= 11 is 5.74. The second-order valence-electron chi connectivity index (χ2n) is 14.5. The summed E-state index contributed by atoms with van der Waals surface area (Å²) in [6.45, 7) is 7.00. The summed E-state index contributed by atoms with van der Waals surface area (Å²) in [4.78, 5) is 59.9. The highest BCUT2D eigenvalue weighted by atomic mass is 35.5. The maximum Gasteiger partial charge on any atom is 0.573 e. The van der Waals surface area contributed by atoms with Crippen LogP contribution in [-0.4, -0.2) is 93.3 Å². The van der Waals surface area contributed by atoms with Crippen molar-refractivity contribution in [2.45, 2.75) is 39.9 Å². The fourth-order valence-electron chi connectivity index (χ4n) is 5.43. The molecule has 402 valence electrons. The Morgan fingerprint density at radius 3 is 1.00 bits per heavy atom. The number of alkyl halides is 9. The lowest BCUT2D eigenvalue weighted by atomic mass is 10.3. The maximum absolute atomic E-state index is 12.1.